The van der Waals surface area contributed by atoms with Gasteiger partial charge < -0.3 is 9.13 Å². The predicted octanol–water partition coefficient (Wildman–Crippen LogP) is 7.13. The average molecular weight is 467 g/mol. The maximum atomic E-state index is 11.6. The lowest BCUT2D eigenvalue weighted by Crippen LogP contribution is -2.04. The fourth-order valence-corrected chi connectivity index (χ4v) is 5.22. The number of rotatable bonds is 4. The molecule has 0 radical (unpaired) electrons. The largest absolute Gasteiger partial charge is 0.340 e. The number of hydrogen-bond donors (Lipinski definition) is 1. The molecule has 0 aliphatic carbocycles. The van der Waals surface area contributed by atoms with E-state index in [-0.39, 0.29) is 17.4 Å². The molecule has 34 heavy (non-hydrogen) atoms. The van der Waals surface area contributed by atoms with Crippen LogP contribution < -0.4 is 0 Å². The molecule has 6 rings (SSSR count). The molecule has 0 N–H and O–H groups in total. The molecule has 4 nitrogen and oxygen atoms in total. The summed E-state index contributed by atoms with van der Waals surface area (Å²) in [5.41, 5.74) is 2.11. The van der Waals surface area contributed by atoms with Gasteiger partial charge in [0, 0.05) is 34.2 Å². The molecule has 6 aromatic rings. The number of carbonyl (C=O) groups excluding carboxylic acids is 2. The molecular weight excluding hydrogens is 440 g/mol. The number of hydrogen-bond acceptors (Lipinski definition) is 2. The summed E-state index contributed by atoms with van der Waals surface area (Å²) in [7, 11) is 0. The van der Waals surface area contributed by atoms with E-state index in [2.05, 4.69) is 73.3 Å². The van der Waals surface area contributed by atoms with Gasteiger partial charge in [0.15, 0.2) is 0 Å². The van der Waals surface area contributed by atoms with E-state index in [0.717, 1.165) is 21.8 Å². The van der Waals surface area contributed by atoms with Crippen molar-refractivity contribution in [1.82, 2.24) is 9.13 Å². The molecule has 2 aromatic heterocycles. The number of ketones is 1. The van der Waals surface area contributed by atoms with Gasteiger partial charge in [-0.3, -0.25) is 9.59 Å². The van der Waals surface area contributed by atoms with E-state index in [1.807, 2.05) is 35.4 Å². The first kappa shape index (κ1) is 22.2. The van der Waals surface area contributed by atoms with E-state index in [0.29, 0.717) is 6.54 Å². The van der Waals surface area contributed by atoms with Gasteiger partial charge in [-0.05, 0) is 63.5 Å². The van der Waals surface area contributed by atoms with Crippen molar-refractivity contribution in [3.63, 3.8) is 0 Å². The summed E-state index contributed by atoms with van der Waals surface area (Å²) in [6.07, 6.45) is 3.94. The van der Waals surface area contributed by atoms with E-state index in [1.165, 1.54) is 32.3 Å². The van der Waals surface area contributed by atoms with Gasteiger partial charge in [0.25, 0.3) is 0 Å². The lowest BCUT2D eigenvalue weighted by atomic mass is 9.94. The Morgan fingerprint density at radius 2 is 0.941 bits per heavy atom. The van der Waals surface area contributed by atoms with E-state index >= 15 is 0 Å². The Labute approximate surface area is 203 Å². The Bertz CT molecular complexity index is 1610. The van der Waals surface area contributed by atoms with Crippen LogP contribution in [0.1, 0.15) is 20.8 Å². The molecule has 2 heterocycles. The third-order valence-electron chi connectivity index (χ3n) is 6.39. The molecule has 4 aromatic carbocycles. The molecule has 0 atom stereocenters. The van der Waals surface area contributed by atoms with Gasteiger partial charge in [-0.25, -0.2) is 0 Å². The molecule has 0 saturated heterocycles. The Morgan fingerprint density at radius 1 is 0.588 bits per heavy atom. The second kappa shape index (κ2) is 8.65. The van der Waals surface area contributed by atoms with Crippen molar-refractivity contribution in [2.75, 3.05) is 0 Å². The van der Waals surface area contributed by atoms with Crippen LogP contribution in [0.2, 0.25) is 0 Å². The molecule has 0 bridgehead atoms. The predicted molar refractivity (Wildman–Crippen MR) is 146 cm³/mol. The number of carbonyl (C=O) groups is 2. The normalized spacial score (nSPS) is 11.4. The highest BCUT2D eigenvalue weighted by Gasteiger charge is 2.12. The molecule has 5 heteroatoms. The lowest BCUT2D eigenvalue weighted by Gasteiger charge is -2.11. The van der Waals surface area contributed by atoms with Crippen LogP contribution in [0.15, 0.2) is 73.1 Å². The summed E-state index contributed by atoms with van der Waals surface area (Å²) in [6, 6.07) is 21.4. The zero-order valence-electron chi connectivity index (χ0n) is 19.5. The third kappa shape index (κ3) is 3.48. The summed E-state index contributed by atoms with van der Waals surface area (Å²) in [6.45, 7) is 6.27. The van der Waals surface area contributed by atoms with Gasteiger partial charge in [-0.15, -0.1) is 12.6 Å². The molecule has 0 saturated carbocycles. The molecule has 0 fully saturated rings. The molecule has 0 amide bonds. The van der Waals surface area contributed by atoms with Crippen LogP contribution in [0, 0.1) is 0 Å². The van der Waals surface area contributed by atoms with Crippen molar-refractivity contribution in [1.29, 1.82) is 0 Å². The monoisotopic (exact) mass is 466 g/mol. The quantitative estimate of drug-likeness (QED) is 0.222. The number of fused-ring (bicyclic) bond motifs is 9. The fourth-order valence-electron chi connectivity index (χ4n) is 5.06. The van der Waals surface area contributed by atoms with Gasteiger partial charge in [0.2, 0.25) is 5.12 Å². The number of thiol groups is 1. The Morgan fingerprint density at radius 3 is 1.32 bits per heavy atom. The van der Waals surface area contributed by atoms with Crippen LogP contribution in [-0.4, -0.2) is 20.0 Å². The van der Waals surface area contributed by atoms with Crippen molar-refractivity contribution in [2.45, 2.75) is 33.9 Å². The minimum absolute atomic E-state index is 0.145. The summed E-state index contributed by atoms with van der Waals surface area (Å²) in [5.74, 6) is 0.145. The van der Waals surface area contributed by atoms with Gasteiger partial charge in [-0.1, -0.05) is 50.2 Å². The minimum atomic E-state index is -0.156. The number of aromatic nitrogens is 2. The zero-order valence-corrected chi connectivity index (χ0v) is 20.4. The van der Waals surface area contributed by atoms with Crippen LogP contribution in [0.3, 0.4) is 0 Å². The minimum Gasteiger partial charge on any atom is -0.340 e. The van der Waals surface area contributed by atoms with Crippen LogP contribution >= 0.6 is 12.6 Å². The van der Waals surface area contributed by atoms with Gasteiger partial charge >= 0.3 is 0 Å². The highest BCUT2D eigenvalue weighted by Crippen LogP contribution is 2.37. The topological polar surface area (TPSA) is 44.0 Å². The lowest BCUT2D eigenvalue weighted by molar-refractivity contribution is -0.117. The zero-order chi connectivity index (χ0) is 24.0. The van der Waals surface area contributed by atoms with Crippen molar-refractivity contribution in [2.24, 2.45) is 0 Å². The maximum absolute atomic E-state index is 11.6. The van der Waals surface area contributed by atoms with Crippen LogP contribution in [0.25, 0.3) is 54.1 Å². The van der Waals surface area contributed by atoms with E-state index in [9.17, 15) is 9.59 Å². The van der Waals surface area contributed by atoms with E-state index < -0.39 is 0 Å². The Kier molecular flexibility index (Phi) is 5.66. The van der Waals surface area contributed by atoms with Gasteiger partial charge in [0.1, 0.15) is 5.78 Å². The average Bonchev–Trinajstić information content (AvgIpc) is 3.43. The first-order valence-corrected chi connectivity index (χ1v) is 12.0. The van der Waals surface area contributed by atoms with Crippen molar-refractivity contribution in [3.05, 3.63) is 73.1 Å². The number of Topliss-reactive ketones (excluding diaryl/α,β-unsaturated/α-hetero) is 1. The standard InChI is InChI=1S/C27H20N2O2S.C2H6/c1-16(30)14-28-12-10-23-21-4-2-18-17(19(21)6-8-25(23)28)3-5-22-20(18)7-9-26-24(22)11-13-29(26)15-27(31)32;1-2/h2-13H,14-15H2,1H3,(H,31,32);1-2H3. The summed E-state index contributed by atoms with van der Waals surface area (Å²) in [4.78, 5) is 23.1. The van der Waals surface area contributed by atoms with Gasteiger partial charge in [0.05, 0.1) is 13.1 Å². The second-order valence-electron chi connectivity index (χ2n) is 8.40. The fraction of sp³-hybridized carbons (Fsp3) is 0.172. The first-order valence-electron chi connectivity index (χ1n) is 11.6. The van der Waals surface area contributed by atoms with Crippen LogP contribution in [0.5, 0.6) is 0 Å². The molecule has 170 valence electrons. The maximum Gasteiger partial charge on any atom is 0.205 e. The van der Waals surface area contributed by atoms with Crippen molar-refractivity contribution < 1.29 is 9.59 Å². The van der Waals surface area contributed by atoms with E-state index in [4.69, 9.17) is 0 Å². The number of nitrogens with zero attached hydrogens (tertiary/aromatic N) is 2. The molecular formula is C29H26N2O2S. The first-order chi connectivity index (χ1) is 16.5. The van der Waals surface area contributed by atoms with Crippen molar-refractivity contribution >= 4 is 77.7 Å². The highest BCUT2D eigenvalue weighted by atomic mass is 32.1. The second-order valence-corrected chi connectivity index (χ2v) is 8.90. The van der Waals surface area contributed by atoms with Crippen molar-refractivity contribution in [3.8, 4) is 0 Å². The Balaban J connectivity index is 0.00000117. The Hall–Kier alpha value is -3.57. The highest BCUT2D eigenvalue weighted by molar-refractivity contribution is 7.96. The summed E-state index contributed by atoms with van der Waals surface area (Å²) < 4.78 is 3.95. The molecule has 0 aliphatic heterocycles. The van der Waals surface area contributed by atoms with Crippen LogP contribution in [0.4, 0.5) is 0 Å². The molecule has 0 aliphatic rings. The third-order valence-corrected chi connectivity index (χ3v) is 6.53. The van der Waals surface area contributed by atoms with Gasteiger partial charge in [-0.2, -0.15) is 0 Å². The van der Waals surface area contributed by atoms with Crippen LogP contribution in [-0.2, 0) is 22.7 Å². The molecule has 0 unspecified atom stereocenters. The number of benzene rings is 4. The summed E-state index contributed by atoms with van der Waals surface area (Å²) in [5, 5.41) is 9.32. The smallest absolute Gasteiger partial charge is 0.205 e. The SMILES string of the molecule is CC.CC(=O)Cn1ccc2c3ccc4c(ccc5c4ccc4c5ccn4CC(=O)S)c3ccc21. The molecule has 0 spiro atoms. The van der Waals surface area contributed by atoms with E-state index in [1.54, 1.807) is 6.92 Å². The summed E-state index contributed by atoms with van der Waals surface area (Å²) >= 11 is 3.93.